The molecule has 0 heterocycles. The number of carbonyl (C=O) groups is 2. The van der Waals surface area contributed by atoms with Crippen molar-refractivity contribution in [3.63, 3.8) is 0 Å². The third kappa shape index (κ3) is 14.5. The molecule has 242 valence electrons. The Bertz CT molecular complexity index is 1310. The van der Waals surface area contributed by atoms with Gasteiger partial charge in [0.15, 0.2) is 5.25 Å². The van der Waals surface area contributed by atoms with Crippen LogP contribution in [0.4, 0.5) is 0 Å². The van der Waals surface area contributed by atoms with Gasteiger partial charge in [0, 0.05) is 0 Å². The zero-order valence-electron chi connectivity index (χ0n) is 28.7. The summed E-state index contributed by atoms with van der Waals surface area (Å²) in [5.41, 5.74) is 5.47. The molecule has 1 N–H and O–H groups in total. The molecule has 0 saturated carbocycles. The van der Waals surface area contributed by atoms with E-state index in [-0.39, 0.29) is 56.0 Å². The number of rotatable bonds is 17. The first kappa shape index (κ1) is 41.6. The molecule has 0 fully saturated rings. The molecule has 2 radical (unpaired) electrons. The van der Waals surface area contributed by atoms with Crippen molar-refractivity contribution in [1.82, 2.24) is 0 Å². The van der Waals surface area contributed by atoms with Crippen molar-refractivity contribution >= 4 is 50.0 Å². The number of hydrogen-bond acceptors (Lipinski definition) is 6. The quantitative estimate of drug-likeness (QED) is 0.148. The van der Waals surface area contributed by atoms with Crippen LogP contribution in [0.15, 0.2) is 54.6 Å². The maximum absolute atomic E-state index is 12.2. The number of carbonyl (C=O) groups excluding carboxylic acids is 2. The Morgan fingerprint density at radius 2 is 1.40 bits per heavy atom. The fraction of sp³-hybridized carbons (Fsp3) is 0.543. The van der Waals surface area contributed by atoms with Gasteiger partial charge in [0.2, 0.25) is 0 Å². The van der Waals surface area contributed by atoms with Crippen LogP contribution in [0.3, 0.4) is 0 Å². The molecule has 4 atom stereocenters. The number of fused-ring (bicyclic) bond motifs is 1. The molecule has 7 nitrogen and oxygen atoms in total. The van der Waals surface area contributed by atoms with E-state index < -0.39 is 33.7 Å². The molecule has 10 heteroatoms. The normalized spacial score (nSPS) is 15.7. The van der Waals surface area contributed by atoms with Crippen LogP contribution in [-0.2, 0) is 29.2 Å². The van der Waals surface area contributed by atoms with Crippen molar-refractivity contribution in [3.05, 3.63) is 71.3 Å². The SMILES string of the molecule is CCCCC(CC)COC(=O)CC(C(=O)OCC(CC)CCCC)S(=O)(=O)O.[Al][CH]1C(c2ccccc2)=Cc2ccccc21.[H-].[Na+]. The summed E-state index contributed by atoms with van der Waals surface area (Å²) in [5.74, 6) is -1.61. The predicted octanol–water partition coefficient (Wildman–Crippen LogP) is 4.72. The maximum Gasteiger partial charge on any atom is 1.00 e. The number of allylic oxidation sites excluding steroid dienone is 1. The van der Waals surface area contributed by atoms with Crippen molar-refractivity contribution < 1.29 is 63.0 Å². The molecular weight excluding hydrogens is 614 g/mol. The first-order valence-corrected chi connectivity index (χ1v) is 18.1. The van der Waals surface area contributed by atoms with E-state index >= 15 is 0 Å². The fourth-order valence-electron chi connectivity index (χ4n) is 5.06. The van der Waals surface area contributed by atoms with Gasteiger partial charge in [-0.15, -0.1) is 0 Å². The number of benzene rings is 2. The van der Waals surface area contributed by atoms with E-state index in [0.29, 0.717) is 4.78 Å². The Morgan fingerprint density at radius 3 is 1.91 bits per heavy atom. The Morgan fingerprint density at radius 1 is 0.867 bits per heavy atom. The molecule has 0 saturated heterocycles. The molecule has 1 aliphatic carbocycles. The van der Waals surface area contributed by atoms with Gasteiger partial charge in [-0.25, -0.2) is 0 Å². The Balaban J connectivity index is 0.000000945. The first-order chi connectivity index (χ1) is 21.0. The summed E-state index contributed by atoms with van der Waals surface area (Å²) in [6.45, 7) is 8.35. The molecule has 45 heavy (non-hydrogen) atoms. The summed E-state index contributed by atoms with van der Waals surface area (Å²) in [4.78, 5) is 24.2. The van der Waals surface area contributed by atoms with Gasteiger partial charge >= 0.3 is 41.5 Å². The number of unbranched alkanes of at least 4 members (excludes halogenated alkanes) is 2. The molecule has 4 unspecified atom stereocenters. The van der Waals surface area contributed by atoms with Crippen LogP contribution in [0.25, 0.3) is 11.6 Å². The molecule has 0 aromatic heterocycles. The summed E-state index contributed by atoms with van der Waals surface area (Å²) in [6.07, 6.45) is 9.03. The first-order valence-electron chi connectivity index (χ1n) is 15.9. The molecule has 2 aromatic carbocycles. The Kier molecular flexibility index (Phi) is 20.5. The summed E-state index contributed by atoms with van der Waals surface area (Å²) in [7, 11) is -4.76. The minimum absolute atomic E-state index is 0. The minimum Gasteiger partial charge on any atom is -1.00 e. The van der Waals surface area contributed by atoms with Gasteiger partial charge in [-0.3, -0.25) is 14.1 Å². The van der Waals surface area contributed by atoms with Gasteiger partial charge in [0.1, 0.15) is 16.3 Å². The molecule has 3 rings (SSSR count). The molecular formula is C35H50AlNaO7S. The standard InChI is InChI=1S/C20H38O7S.C15H11.Al.Na.H/c1-5-9-11-16(7-3)14-26-19(21)13-18(28(23,24)25)20(22)27-15-17(8-4)12-10-6-2;1-2-6-12(7-3-1)15-10-13-8-4-5-9-14(13)11-15;;;/h16-18H,5-15H2,1-4H3,(H,23,24,25);1-11H;;;/q;;;+1;-1. The van der Waals surface area contributed by atoms with Gasteiger partial charge in [0.25, 0.3) is 10.1 Å². The second-order valence-corrected chi connectivity index (χ2v) is 13.7. The van der Waals surface area contributed by atoms with Crippen LogP contribution < -0.4 is 29.6 Å². The zero-order valence-corrected chi connectivity index (χ0v) is 31.7. The van der Waals surface area contributed by atoms with E-state index in [4.69, 9.17) is 9.47 Å². The molecule has 0 aliphatic heterocycles. The molecule has 1 aliphatic rings. The number of ether oxygens (including phenoxy) is 2. The van der Waals surface area contributed by atoms with Crippen molar-refractivity contribution in [3.8, 4) is 0 Å². The van der Waals surface area contributed by atoms with Crippen LogP contribution in [-0.4, -0.2) is 59.7 Å². The predicted molar refractivity (Wildman–Crippen MR) is 179 cm³/mol. The van der Waals surface area contributed by atoms with Crippen LogP contribution >= 0.6 is 0 Å². The average molecular weight is 665 g/mol. The van der Waals surface area contributed by atoms with Gasteiger partial charge < -0.3 is 10.9 Å². The van der Waals surface area contributed by atoms with E-state index in [1.807, 2.05) is 13.8 Å². The topological polar surface area (TPSA) is 107 Å². The van der Waals surface area contributed by atoms with Crippen LogP contribution in [0, 0.1) is 11.8 Å². The van der Waals surface area contributed by atoms with E-state index in [1.54, 1.807) is 0 Å². The van der Waals surface area contributed by atoms with E-state index in [9.17, 15) is 22.6 Å². The third-order valence-electron chi connectivity index (χ3n) is 8.09. The monoisotopic (exact) mass is 664 g/mol. The van der Waals surface area contributed by atoms with E-state index in [2.05, 4.69) is 90.8 Å². The maximum atomic E-state index is 12.2. The van der Waals surface area contributed by atoms with Gasteiger partial charge in [-0.2, -0.15) is 8.42 Å². The van der Waals surface area contributed by atoms with Crippen LogP contribution in [0.1, 0.15) is 108 Å². The summed E-state index contributed by atoms with van der Waals surface area (Å²) in [6, 6.07) is 19.2. The largest absolute Gasteiger partial charge is 1.00 e. The van der Waals surface area contributed by atoms with Crippen molar-refractivity contribution in [2.24, 2.45) is 11.8 Å². The van der Waals surface area contributed by atoms with E-state index in [0.717, 1.165) is 51.4 Å². The molecule has 0 spiro atoms. The molecule has 2 aromatic rings. The average Bonchev–Trinajstić information content (AvgIpc) is 3.36. The van der Waals surface area contributed by atoms with Crippen molar-refractivity contribution in [2.75, 3.05) is 13.2 Å². The summed E-state index contributed by atoms with van der Waals surface area (Å²) >= 11 is 2.94. The Labute approximate surface area is 302 Å². The summed E-state index contributed by atoms with van der Waals surface area (Å²) < 4.78 is 43.2. The number of hydrogen-bond donors (Lipinski definition) is 1. The summed E-state index contributed by atoms with van der Waals surface area (Å²) in [5, 5.41) is -1.95. The van der Waals surface area contributed by atoms with Crippen LogP contribution in [0.2, 0.25) is 0 Å². The second kappa shape index (κ2) is 22.2. The fourth-order valence-corrected chi connectivity index (χ4v) is 6.31. The number of esters is 2. The van der Waals surface area contributed by atoms with Gasteiger partial charge in [0.05, 0.1) is 19.6 Å². The Hall–Kier alpha value is -1.44. The van der Waals surface area contributed by atoms with Crippen molar-refractivity contribution in [1.29, 1.82) is 0 Å². The van der Waals surface area contributed by atoms with Gasteiger partial charge in [-0.05, 0) is 46.9 Å². The molecule has 0 bridgehead atoms. The molecule has 0 amide bonds. The minimum atomic E-state index is -4.76. The van der Waals surface area contributed by atoms with Crippen molar-refractivity contribution in [2.45, 2.75) is 95.5 Å². The van der Waals surface area contributed by atoms with Gasteiger partial charge in [-0.1, -0.05) is 132 Å². The third-order valence-corrected chi connectivity index (χ3v) is 9.88. The van der Waals surface area contributed by atoms with E-state index in [1.165, 1.54) is 22.3 Å². The zero-order chi connectivity index (χ0) is 32.5. The smallest absolute Gasteiger partial charge is 1.00 e. The van der Waals surface area contributed by atoms with Crippen LogP contribution in [0.5, 0.6) is 0 Å². The second-order valence-electron chi connectivity index (χ2n) is 11.4.